The van der Waals surface area contributed by atoms with Gasteiger partial charge in [0.1, 0.15) is 11.4 Å². The highest BCUT2D eigenvalue weighted by molar-refractivity contribution is 7.47. The average Bonchev–Trinajstić information content (AvgIpc) is 2.63. The highest BCUT2D eigenvalue weighted by atomic mass is 31.2. The minimum Gasteiger partial charge on any atom is -0.404 e. The summed E-state index contributed by atoms with van der Waals surface area (Å²) in [6, 6.07) is 27.6. The van der Waals surface area contributed by atoms with Crippen molar-refractivity contribution in [2.75, 3.05) is 0 Å². The zero-order valence-electron chi connectivity index (χ0n) is 14.5. The number of benzene rings is 3. The summed E-state index contributed by atoms with van der Waals surface area (Å²) in [6.45, 7) is 1.80. The van der Waals surface area contributed by atoms with Crippen LogP contribution in [0, 0.1) is 0 Å². The van der Waals surface area contributed by atoms with Crippen molar-refractivity contribution in [3.05, 3.63) is 102 Å². The van der Waals surface area contributed by atoms with E-state index in [4.69, 9.17) is 9.05 Å². The maximum absolute atomic E-state index is 12.7. The second kappa shape index (κ2) is 7.88. The van der Waals surface area contributed by atoms with Gasteiger partial charge in [0.25, 0.3) is 0 Å². The van der Waals surface area contributed by atoms with E-state index in [1.165, 1.54) is 0 Å². The van der Waals surface area contributed by atoms with Gasteiger partial charge in [0.05, 0.1) is 0 Å². The van der Waals surface area contributed by atoms with Crippen LogP contribution in [-0.4, -0.2) is 4.89 Å². The minimum absolute atomic E-state index is 0.286. The maximum Gasteiger partial charge on any atom is 0.528 e. The van der Waals surface area contributed by atoms with Crippen LogP contribution in [0.5, 0.6) is 5.75 Å². The van der Waals surface area contributed by atoms with E-state index < -0.39 is 13.4 Å². The van der Waals surface area contributed by atoms with Crippen LogP contribution in [0.3, 0.4) is 0 Å². The monoisotopic (exact) mass is 368 g/mol. The highest BCUT2D eigenvalue weighted by Gasteiger charge is 2.38. The fourth-order valence-electron chi connectivity index (χ4n) is 2.85. The lowest BCUT2D eigenvalue weighted by Crippen LogP contribution is -2.28. The molecule has 0 spiro atoms. The molecule has 0 amide bonds. The standard InChI is InChI=1S/C21H21O4P/c1-21(19-13-7-3-8-14-19,17-18-11-5-2-6-12-18)25-26(22,23)24-20-15-9-4-10-16-20/h2-16H,17H2,1H3,(H,22,23). The Hall–Kier alpha value is -2.39. The summed E-state index contributed by atoms with van der Waals surface area (Å²) in [5, 5.41) is 0. The van der Waals surface area contributed by atoms with Crippen molar-refractivity contribution in [2.24, 2.45) is 0 Å². The molecule has 2 unspecified atom stereocenters. The smallest absolute Gasteiger partial charge is 0.404 e. The van der Waals surface area contributed by atoms with Crippen molar-refractivity contribution < 1.29 is 18.5 Å². The molecular weight excluding hydrogens is 347 g/mol. The molecule has 134 valence electrons. The fourth-order valence-corrected chi connectivity index (χ4v) is 3.96. The Morgan fingerprint density at radius 3 is 1.92 bits per heavy atom. The van der Waals surface area contributed by atoms with Gasteiger partial charge in [-0.2, -0.15) is 0 Å². The van der Waals surface area contributed by atoms with E-state index >= 15 is 0 Å². The summed E-state index contributed by atoms with van der Waals surface area (Å²) in [4.78, 5) is 10.4. The summed E-state index contributed by atoms with van der Waals surface area (Å²) in [5.74, 6) is 0.286. The van der Waals surface area contributed by atoms with Crippen LogP contribution in [0.4, 0.5) is 0 Å². The molecule has 0 aliphatic rings. The first-order chi connectivity index (χ1) is 12.5. The second-order valence-corrected chi connectivity index (χ2v) is 7.53. The van der Waals surface area contributed by atoms with Gasteiger partial charge in [-0.1, -0.05) is 78.9 Å². The van der Waals surface area contributed by atoms with Crippen LogP contribution < -0.4 is 4.52 Å². The Morgan fingerprint density at radius 1 is 0.846 bits per heavy atom. The van der Waals surface area contributed by atoms with E-state index in [1.807, 2.05) is 60.7 Å². The minimum atomic E-state index is -4.34. The zero-order chi connectivity index (χ0) is 18.5. The number of para-hydroxylation sites is 1. The van der Waals surface area contributed by atoms with Crippen LogP contribution in [0.2, 0.25) is 0 Å². The quantitative estimate of drug-likeness (QED) is 0.572. The highest BCUT2D eigenvalue weighted by Crippen LogP contribution is 2.51. The Balaban J connectivity index is 1.89. The number of phosphoric acid groups is 1. The van der Waals surface area contributed by atoms with Crippen LogP contribution >= 0.6 is 7.82 Å². The van der Waals surface area contributed by atoms with Crippen molar-refractivity contribution in [1.82, 2.24) is 0 Å². The van der Waals surface area contributed by atoms with E-state index in [9.17, 15) is 9.46 Å². The third kappa shape index (κ3) is 4.83. The van der Waals surface area contributed by atoms with Gasteiger partial charge in [-0.3, -0.25) is 9.42 Å². The molecule has 0 saturated heterocycles. The molecule has 0 heterocycles. The third-order valence-electron chi connectivity index (χ3n) is 4.05. The Morgan fingerprint density at radius 2 is 1.35 bits per heavy atom. The predicted molar refractivity (Wildman–Crippen MR) is 102 cm³/mol. The maximum atomic E-state index is 12.7. The lowest BCUT2D eigenvalue weighted by atomic mass is 9.89. The third-order valence-corrected chi connectivity index (χ3v) is 5.12. The normalized spacial score (nSPS) is 15.6. The van der Waals surface area contributed by atoms with Crippen LogP contribution in [0.15, 0.2) is 91.0 Å². The van der Waals surface area contributed by atoms with Crippen molar-refractivity contribution in [1.29, 1.82) is 0 Å². The molecule has 0 aliphatic carbocycles. The van der Waals surface area contributed by atoms with E-state index in [0.717, 1.165) is 11.1 Å². The average molecular weight is 368 g/mol. The lowest BCUT2D eigenvalue weighted by molar-refractivity contribution is 0.0500. The summed E-state index contributed by atoms with van der Waals surface area (Å²) < 4.78 is 23.6. The van der Waals surface area contributed by atoms with Gasteiger partial charge in [-0.15, -0.1) is 0 Å². The predicted octanol–water partition coefficient (Wildman–Crippen LogP) is 5.34. The molecule has 5 heteroatoms. The van der Waals surface area contributed by atoms with Crippen molar-refractivity contribution in [2.45, 2.75) is 18.9 Å². The van der Waals surface area contributed by atoms with Crippen LogP contribution in [0.1, 0.15) is 18.1 Å². The molecule has 0 aliphatic heterocycles. The largest absolute Gasteiger partial charge is 0.528 e. The van der Waals surface area contributed by atoms with E-state index in [2.05, 4.69) is 0 Å². The molecule has 0 bridgehead atoms. The van der Waals surface area contributed by atoms with Crippen LogP contribution in [-0.2, 0) is 21.1 Å². The molecule has 3 aromatic rings. The first-order valence-electron chi connectivity index (χ1n) is 8.35. The Kier molecular flexibility index (Phi) is 5.58. The summed E-state index contributed by atoms with van der Waals surface area (Å²) >= 11 is 0. The molecule has 0 saturated carbocycles. The van der Waals surface area contributed by atoms with Gasteiger partial charge in [-0.25, -0.2) is 4.57 Å². The van der Waals surface area contributed by atoms with Gasteiger partial charge >= 0.3 is 7.82 Å². The first-order valence-corrected chi connectivity index (χ1v) is 9.84. The topological polar surface area (TPSA) is 55.8 Å². The molecule has 0 fully saturated rings. The van der Waals surface area contributed by atoms with Gasteiger partial charge < -0.3 is 4.52 Å². The molecule has 1 N–H and O–H groups in total. The molecule has 26 heavy (non-hydrogen) atoms. The first kappa shape index (κ1) is 18.4. The molecule has 2 atom stereocenters. The lowest BCUT2D eigenvalue weighted by Gasteiger charge is -2.31. The molecule has 3 aromatic carbocycles. The Bertz CT molecular complexity index is 868. The number of rotatable bonds is 7. The van der Waals surface area contributed by atoms with Crippen molar-refractivity contribution in [3.8, 4) is 5.75 Å². The van der Waals surface area contributed by atoms with Gasteiger partial charge in [-0.05, 0) is 30.2 Å². The van der Waals surface area contributed by atoms with E-state index in [0.29, 0.717) is 6.42 Å². The number of hydrogen-bond donors (Lipinski definition) is 1. The molecule has 4 nitrogen and oxygen atoms in total. The second-order valence-electron chi connectivity index (χ2n) is 6.22. The summed E-state index contributed by atoms with van der Waals surface area (Å²) in [6.07, 6.45) is 0.431. The van der Waals surface area contributed by atoms with Gasteiger partial charge in [0.2, 0.25) is 0 Å². The van der Waals surface area contributed by atoms with Crippen molar-refractivity contribution in [3.63, 3.8) is 0 Å². The van der Waals surface area contributed by atoms with Gasteiger partial charge in [0, 0.05) is 6.42 Å². The number of phosphoric ester groups is 1. The van der Waals surface area contributed by atoms with E-state index in [1.54, 1.807) is 37.3 Å². The molecule has 0 aromatic heterocycles. The summed E-state index contributed by atoms with van der Waals surface area (Å²) in [5.41, 5.74) is 0.773. The number of hydrogen-bond acceptors (Lipinski definition) is 3. The zero-order valence-corrected chi connectivity index (χ0v) is 15.4. The van der Waals surface area contributed by atoms with Crippen LogP contribution in [0.25, 0.3) is 0 Å². The molecule has 3 rings (SSSR count). The fraction of sp³-hybridized carbons (Fsp3) is 0.143. The Labute approximate surface area is 153 Å². The van der Waals surface area contributed by atoms with Crippen molar-refractivity contribution >= 4 is 7.82 Å². The summed E-state index contributed by atoms with van der Waals surface area (Å²) in [7, 11) is -4.34. The SMILES string of the molecule is CC(Cc1ccccc1)(OP(=O)(O)Oc1ccccc1)c1ccccc1. The molecular formula is C21H21O4P. The van der Waals surface area contributed by atoms with Gasteiger partial charge in [0.15, 0.2) is 0 Å². The molecule has 0 radical (unpaired) electrons. The van der Waals surface area contributed by atoms with E-state index in [-0.39, 0.29) is 5.75 Å².